The van der Waals surface area contributed by atoms with Crippen LogP contribution >= 0.6 is 0 Å². The lowest BCUT2D eigenvalue weighted by molar-refractivity contribution is 0.0690. The summed E-state index contributed by atoms with van der Waals surface area (Å²) in [5.41, 5.74) is -0.161. The summed E-state index contributed by atoms with van der Waals surface area (Å²) in [6.45, 7) is 5.48. The zero-order chi connectivity index (χ0) is 14.5. The van der Waals surface area contributed by atoms with Crippen molar-refractivity contribution in [1.29, 1.82) is 0 Å². The highest BCUT2D eigenvalue weighted by atomic mass is 19.1. The minimum Gasteiger partial charge on any atom is -0.418 e. The lowest BCUT2D eigenvalue weighted by atomic mass is 9.63. The number of alkyl carbamates (subject to hydrolysis) is 1. The van der Waals surface area contributed by atoms with Gasteiger partial charge in [0, 0.05) is 6.54 Å². The molecule has 1 saturated carbocycles. The highest BCUT2D eigenvalue weighted by Crippen LogP contribution is 2.46. The third kappa shape index (κ3) is 4.99. The number of isocyanates is 1. The van der Waals surface area contributed by atoms with Gasteiger partial charge in [-0.25, -0.2) is 19.0 Å². The molecule has 1 N–H and O–H groups in total. The molecular weight excluding hydrogens is 251 g/mol. The summed E-state index contributed by atoms with van der Waals surface area (Å²) in [5.74, 6) is 0. The van der Waals surface area contributed by atoms with Crippen LogP contribution in [0.25, 0.3) is 0 Å². The van der Waals surface area contributed by atoms with Crippen LogP contribution in [0.2, 0.25) is 0 Å². The molecule has 0 aromatic carbocycles. The number of ether oxygens (including phenoxy) is 1. The fourth-order valence-electron chi connectivity index (χ4n) is 3.27. The Bertz CT molecular complexity index is 380. The maximum atomic E-state index is 11.8. The quantitative estimate of drug-likeness (QED) is 0.631. The van der Waals surface area contributed by atoms with Crippen LogP contribution in [0.3, 0.4) is 0 Å². The first-order chi connectivity index (χ1) is 8.80. The Kier molecular flexibility index (Phi) is 5.06. The van der Waals surface area contributed by atoms with Gasteiger partial charge in [0.2, 0.25) is 12.9 Å². The van der Waals surface area contributed by atoms with Gasteiger partial charge in [0.25, 0.3) is 0 Å². The number of carbonyl (C=O) groups is 1. The lowest BCUT2D eigenvalue weighted by Crippen LogP contribution is -2.44. The van der Waals surface area contributed by atoms with Gasteiger partial charge >= 0.3 is 6.09 Å². The normalized spacial score (nSPS) is 29.2. The van der Waals surface area contributed by atoms with E-state index >= 15 is 0 Å². The Morgan fingerprint density at radius 1 is 1.47 bits per heavy atom. The second-order valence-corrected chi connectivity index (χ2v) is 6.33. The first kappa shape index (κ1) is 15.6. The van der Waals surface area contributed by atoms with E-state index in [1.165, 1.54) is 0 Å². The third-order valence-electron chi connectivity index (χ3n) is 3.50. The number of halogens is 1. The van der Waals surface area contributed by atoms with Crippen LogP contribution in [-0.4, -0.2) is 31.6 Å². The van der Waals surface area contributed by atoms with Gasteiger partial charge in [-0.15, -0.1) is 0 Å². The number of hydrogen-bond donors (Lipinski definition) is 1. The molecule has 0 radical (unpaired) electrons. The van der Waals surface area contributed by atoms with E-state index in [2.05, 4.69) is 28.9 Å². The van der Waals surface area contributed by atoms with Gasteiger partial charge in [0.05, 0.1) is 6.04 Å². The first-order valence-electron chi connectivity index (χ1n) is 6.34. The molecule has 1 rings (SSSR count). The number of hydrogen-bond acceptors (Lipinski definition) is 4. The van der Waals surface area contributed by atoms with E-state index in [1.54, 1.807) is 6.08 Å². The van der Waals surface area contributed by atoms with Crippen molar-refractivity contribution in [3.8, 4) is 0 Å². The molecule has 6 heteroatoms. The molecule has 0 spiro atoms. The highest BCUT2D eigenvalue weighted by molar-refractivity contribution is 5.67. The molecule has 0 heterocycles. The van der Waals surface area contributed by atoms with Crippen molar-refractivity contribution < 1.29 is 18.7 Å². The second kappa shape index (κ2) is 6.15. The van der Waals surface area contributed by atoms with Crippen LogP contribution in [0.1, 0.15) is 40.0 Å². The van der Waals surface area contributed by atoms with Crippen molar-refractivity contribution in [2.24, 2.45) is 15.8 Å². The Labute approximate surface area is 112 Å². The number of nitrogens with one attached hydrogen (secondary N) is 1. The number of carbonyl (C=O) groups excluding carboxylic acids is 2. The van der Waals surface area contributed by atoms with E-state index in [1.807, 2.05) is 6.92 Å². The van der Waals surface area contributed by atoms with Crippen LogP contribution in [0.4, 0.5) is 9.18 Å². The van der Waals surface area contributed by atoms with Gasteiger partial charge in [-0.3, -0.25) is 0 Å². The molecule has 0 bridgehead atoms. The SMILES string of the molecule is CC1(C)CC(N=C=O)CC(C)(CNC(=O)OCF)C1. The molecule has 19 heavy (non-hydrogen) atoms. The summed E-state index contributed by atoms with van der Waals surface area (Å²) in [5, 5.41) is 2.55. The molecule has 1 aliphatic rings. The number of nitrogens with zero attached hydrogens (tertiary/aromatic N) is 1. The lowest BCUT2D eigenvalue weighted by Gasteiger charge is -2.45. The van der Waals surface area contributed by atoms with Crippen molar-refractivity contribution in [2.45, 2.75) is 46.1 Å². The summed E-state index contributed by atoms with van der Waals surface area (Å²) in [7, 11) is 0. The van der Waals surface area contributed by atoms with Gasteiger partial charge in [0.15, 0.2) is 0 Å². The standard InChI is InChI=1S/C13H21FN2O3/c1-12(2)4-10(16-9-17)5-13(3,6-12)7-15-11(18)19-8-14/h10H,4-8H2,1-3H3,(H,15,18). The highest BCUT2D eigenvalue weighted by Gasteiger charge is 2.41. The van der Waals surface area contributed by atoms with Gasteiger partial charge < -0.3 is 10.1 Å². The number of alkyl halides is 1. The van der Waals surface area contributed by atoms with Crippen LogP contribution in [0, 0.1) is 10.8 Å². The minimum atomic E-state index is -1.13. The van der Waals surface area contributed by atoms with Gasteiger partial charge in [-0.05, 0) is 30.1 Å². The Hall–Kier alpha value is -1.42. The van der Waals surface area contributed by atoms with Crippen molar-refractivity contribution >= 4 is 12.2 Å². The molecule has 108 valence electrons. The van der Waals surface area contributed by atoms with E-state index in [9.17, 15) is 14.0 Å². The van der Waals surface area contributed by atoms with Crippen LogP contribution in [0.5, 0.6) is 0 Å². The molecule has 2 unspecified atom stereocenters. The third-order valence-corrected chi connectivity index (χ3v) is 3.50. The number of aliphatic imine (C=N–C) groups is 1. The molecule has 1 amide bonds. The number of amides is 1. The Morgan fingerprint density at radius 3 is 2.74 bits per heavy atom. The summed E-state index contributed by atoms with van der Waals surface area (Å²) in [6.07, 6.45) is 3.26. The molecule has 1 aliphatic carbocycles. The zero-order valence-corrected chi connectivity index (χ0v) is 11.7. The Morgan fingerprint density at radius 2 is 2.16 bits per heavy atom. The molecular formula is C13H21FN2O3. The fourth-order valence-corrected chi connectivity index (χ4v) is 3.27. The summed E-state index contributed by atoms with van der Waals surface area (Å²) in [6, 6.07) is -0.0785. The van der Waals surface area contributed by atoms with E-state index in [0.29, 0.717) is 13.0 Å². The summed E-state index contributed by atoms with van der Waals surface area (Å²) < 4.78 is 16.1. The van der Waals surface area contributed by atoms with Crippen molar-refractivity contribution in [1.82, 2.24) is 5.32 Å². The van der Waals surface area contributed by atoms with Crippen molar-refractivity contribution in [3.05, 3.63) is 0 Å². The maximum absolute atomic E-state index is 11.8. The average Bonchev–Trinajstić information content (AvgIpc) is 2.25. The van der Waals surface area contributed by atoms with Crippen LogP contribution in [-0.2, 0) is 9.53 Å². The average molecular weight is 272 g/mol. The maximum Gasteiger partial charge on any atom is 0.409 e. The molecule has 2 atom stereocenters. The van der Waals surface area contributed by atoms with Crippen molar-refractivity contribution in [2.75, 3.05) is 13.4 Å². The molecule has 0 aliphatic heterocycles. The van der Waals surface area contributed by atoms with E-state index < -0.39 is 13.0 Å². The zero-order valence-electron chi connectivity index (χ0n) is 11.7. The molecule has 5 nitrogen and oxygen atoms in total. The van der Waals surface area contributed by atoms with Crippen molar-refractivity contribution in [3.63, 3.8) is 0 Å². The predicted molar refractivity (Wildman–Crippen MR) is 68.1 cm³/mol. The fraction of sp³-hybridized carbons (Fsp3) is 0.846. The Balaban J connectivity index is 2.67. The topological polar surface area (TPSA) is 67.8 Å². The summed E-state index contributed by atoms with van der Waals surface area (Å²) >= 11 is 0. The second-order valence-electron chi connectivity index (χ2n) is 6.33. The van der Waals surface area contributed by atoms with E-state index in [-0.39, 0.29) is 16.9 Å². The minimum absolute atomic E-state index is 0.0314. The largest absolute Gasteiger partial charge is 0.418 e. The van der Waals surface area contributed by atoms with Gasteiger partial charge in [-0.1, -0.05) is 20.8 Å². The molecule has 0 aromatic rings. The molecule has 1 fully saturated rings. The number of rotatable bonds is 4. The van der Waals surface area contributed by atoms with Gasteiger partial charge in [-0.2, -0.15) is 0 Å². The van der Waals surface area contributed by atoms with Crippen LogP contribution < -0.4 is 5.32 Å². The smallest absolute Gasteiger partial charge is 0.409 e. The predicted octanol–water partition coefficient (Wildman–Crippen LogP) is 2.56. The van der Waals surface area contributed by atoms with Gasteiger partial charge in [0.1, 0.15) is 0 Å². The summed E-state index contributed by atoms with van der Waals surface area (Å²) in [4.78, 5) is 25.4. The van der Waals surface area contributed by atoms with E-state index in [4.69, 9.17) is 0 Å². The molecule has 0 aromatic heterocycles. The van der Waals surface area contributed by atoms with Crippen LogP contribution in [0.15, 0.2) is 4.99 Å². The van der Waals surface area contributed by atoms with E-state index in [0.717, 1.165) is 12.8 Å². The monoisotopic (exact) mass is 272 g/mol. The first-order valence-corrected chi connectivity index (χ1v) is 6.34. The molecule has 0 saturated heterocycles.